The van der Waals surface area contributed by atoms with E-state index in [0.717, 1.165) is 45.2 Å². The van der Waals surface area contributed by atoms with E-state index >= 15 is 0 Å². The summed E-state index contributed by atoms with van der Waals surface area (Å²) in [6.45, 7) is 21.5. The zero-order chi connectivity index (χ0) is 45.9. The first kappa shape index (κ1) is 44.7. The fourth-order valence-corrected chi connectivity index (χ4v) is 11.7. The number of methoxy groups -OCH3 is 2. The zero-order valence-corrected chi connectivity index (χ0v) is 40.0. The molecule has 2 heterocycles. The maximum atomic E-state index is 13.6. The molecule has 8 rings (SSSR count). The lowest BCUT2D eigenvalue weighted by molar-refractivity contribution is -0.433. The SMILES string of the molecule is CCN1/C(=C/C=C2\CC(C(C)(C)C(=O)OC)CC(/C=C/C3=[N+](CC)c4ccc5cc(OC)ccc5c4C3(C)C)=C2Sc2ccc(C(=O)O)cc2)C(C)(C)c2c1ccc1cc(C)ccc21. The van der Waals surface area contributed by atoms with Gasteiger partial charge in [0, 0.05) is 50.9 Å². The van der Waals surface area contributed by atoms with Crippen molar-refractivity contribution in [2.75, 3.05) is 32.2 Å². The Labute approximate surface area is 382 Å². The van der Waals surface area contributed by atoms with E-state index in [1.54, 1.807) is 31.0 Å². The molecule has 0 bridgehead atoms. The number of carbonyl (C=O) groups excluding carboxylic acids is 1. The van der Waals surface area contributed by atoms with Gasteiger partial charge in [0.15, 0.2) is 5.71 Å². The molecule has 0 fully saturated rings. The summed E-state index contributed by atoms with van der Waals surface area (Å²) in [5, 5.41) is 14.6. The second kappa shape index (κ2) is 16.9. The summed E-state index contributed by atoms with van der Waals surface area (Å²) in [5.74, 6) is -0.410. The lowest BCUT2D eigenvalue weighted by atomic mass is 9.69. The van der Waals surface area contributed by atoms with E-state index in [4.69, 9.17) is 9.47 Å². The van der Waals surface area contributed by atoms with Crippen molar-refractivity contribution >= 4 is 62.3 Å². The molecule has 0 radical (unpaired) electrons. The summed E-state index contributed by atoms with van der Waals surface area (Å²) in [4.78, 5) is 30.0. The number of carbonyl (C=O) groups is 2. The first-order valence-corrected chi connectivity index (χ1v) is 23.3. The molecule has 330 valence electrons. The average Bonchev–Trinajstić information content (AvgIpc) is 3.65. The van der Waals surface area contributed by atoms with Crippen molar-refractivity contribution in [3.8, 4) is 5.75 Å². The fraction of sp³-hybridized carbons (Fsp3) is 0.339. The van der Waals surface area contributed by atoms with E-state index in [1.807, 2.05) is 32.0 Å². The van der Waals surface area contributed by atoms with Crippen molar-refractivity contribution in [3.63, 3.8) is 0 Å². The van der Waals surface area contributed by atoms with Crippen LogP contribution < -0.4 is 9.64 Å². The van der Waals surface area contributed by atoms with E-state index < -0.39 is 11.4 Å². The minimum absolute atomic E-state index is 0.0637. The van der Waals surface area contributed by atoms with E-state index in [0.29, 0.717) is 12.8 Å². The molecule has 5 aromatic rings. The van der Waals surface area contributed by atoms with Crippen LogP contribution in [0.25, 0.3) is 21.5 Å². The number of thioether (sulfide) groups is 1. The van der Waals surface area contributed by atoms with Gasteiger partial charge in [-0.3, -0.25) is 4.79 Å². The normalized spacial score (nSPS) is 19.4. The molecule has 2 aliphatic heterocycles. The van der Waals surface area contributed by atoms with Gasteiger partial charge in [0.25, 0.3) is 0 Å². The van der Waals surface area contributed by atoms with Crippen molar-refractivity contribution < 1.29 is 28.7 Å². The third kappa shape index (κ3) is 7.57. The highest BCUT2D eigenvalue weighted by Gasteiger charge is 2.46. The lowest BCUT2D eigenvalue weighted by Crippen LogP contribution is -2.36. The van der Waals surface area contributed by atoms with Crippen molar-refractivity contribution in [1.82, 2.24) is 0 Å². The number of rotatable bonds is 11. The van der Waals surface area contributed by atoms with Crippen LogP contribution in [0.1, 0.15) is 95.3 Å². The van der Waals surface area contributed by atoms with Crippen molar-refractivity contribution in [3.05, 3.63) is 153 Å². The number of hydrogen-bond donors (Lipinski definition) is 1. The average molecular weight is 874 g/mol. The van der Waals surface area contributed by atoms with Gasteiger partial charge in [-0.25, -0.2) is 4.79 Å². The number of aromatic carboxylic acids is 1. The number of benzene rings is 5. The van der Waals surface area contributed by atoms with Gasteiger partial charge in [0.2, 0.25) is 5.69 Å². The van der Waals surface area contributed by atoms with Gasteiger partial charge < -0.3 is 19.5 Å². The number of anilines is 1. The van der Waals surface area contributed by atoms with Gasteiger partial charge in [0.1, 0.15) is 12.3 Å². The molecule has 0 aromatic heterocycles. The maximum absolute atomic E-state index is 13.6. The van der Waals surface area contributed by atoms with Crippen LogP contribution in [-0.4, -0.2) is 54.6 Å². The van der Waals surface area contributed by atoms with Gasteiger partial charge in [0.05, 0.1) is 30.6 Å². The molecule has 7 nitrogen and oxygen atoms in total. The van der Waals surface area contributed by atoms with Crippen molar-refractivity contribution in [2.24, 2.45) is 11.3 Å². The van der Waals surface area contributed by atoms with Gasteiger partial charge in [-0.1, -0.05) is 73.7 Å². The second-order valence-electron chi connectivity index (χ2n) is 19.0. The topological polar surface area (TPSA) is 79.1 Å². The van der Waals surface area contributed by atoms with Crippen LogP contribution in [0, 0.1) is 18.3 Å². The second-order valence-corrected chi connectivity index (χ2v) is 20.1. The van der Waals surface area contributed by atoms with E-state index in [9.17, 15) is 14.7 Å². The highest BCUT2D eigenvalue weighted by molar-refractivity contribution is 8.03. The standard InChI is InChI=1S/C56H60N2O5S/c1-12-57-45-26-17-36-30-34(3)14-24-43(36)49(45)55(6,7)47(57)28-19-38-31-40(54(4,5)53(61)63-11)32-39(51(38)64-42-22-15-35(16-23-42)52(59)60)20-29-48-56(8,9)50-44-25-21-41(62-10)33-37(44)18-27-46(50)58(48)13-2/h14-30,33,40H,12-13,31-32H2,1-11H3/p+1. The van der Waals surface area contributed by atoms with E-state index in [-0.39, 0.29) is 28.3 Å². The Balaban J connectivity index is 1.31. The number of hydrogen-bond acceptors (Lipinski definition) is 6. The number of aryl methyl sites for hydroxylation is 1. The molecule has 1 aliphatic carbocycles. The Morgan fingerprint density at radius 2 is 1.53 bits per heavy atom. The lowest BCUT2D eigenvalue weighted by Gasteiger charge is -2.37. The fourth-order valence-electron chi connectivity index (χ4n) is 10.6. The molecule has 0 saturated heterocycles. The number of ether oxygens (including phenoxy) is 2. The number of carboxylic acid groups (broad SMARTS) is 1. The molecule has 5 aromatic carbocycles. The molecular weight excluding hydrogens is 813 g/mol. The Kier molecular flexibility index (Phi) is 11.8. The maximum Gasteiger partial charge on any atom is 0.335 e. The number of allylic oxidation sites excluding steroid dienone is 7. The number of carboxylic acids is 1. The summed E-state index contributed by atoms with van der Waals surface area (Å²) in [7, 11) is 3.18. The van der Waals surface area contributed by atoms with Crippen LogP contribution in [0.15, 0.2) is 136 Å². The Morgan fingerprint density at radius 3 is 2.20 bits per heavy atom. The Hall–Kier alpha value is -5.86. The molecule has 0 spiro atoms. The summed E-state index contributed by atoms with van der Waals surface area (Å²) in [5.41, 5.74) is 9.83. The number of nitrogens with zero attached hydrogens (tertiary/aromatic N) is 2. The molecule has 1 N–H and O–H groups in total. The van der Waals surface area contributed by atoms with Crippen molar-refractivity contribution in [1.29, 1.82) is 0 Å². The van der Waals surface area contributed by atoms with Crippen LogP contribution in [0.3, 0.4) is 0 Å². The van der Waals surface area contributed by atoms with Gasteiger partial charge in [-0.15, -0.1) is 0 Å². The molecule has 3 aliphatic rings. The first-order chi connectivity index (χ1) is 30.5. The molecular formula is C56H61N2O5S+. The first-order valence-electron chi connectivity index (χ1n) is 22.5. The number of fused-ring (bicyclic) bond motifs is 6. The predicted molar refractivity (Wildman–Crippen MR) is 264 cm³/mol. The summed E-state index contributed by atoms with van der Waals surface area (Å²) in [6.07, 6.45) is 10.5. The zero-order valence-electron chi connectivity index (χ0n) is 39.2. The van der Waals surface area contributed by atoms with Crippen LogP contribution in [-0.2, 0) is 20.4 Å². The molecule has 1 atom stereocenters. The molecule has 0 saturated carbocycles. The van der Waals surface area contributed by atoms with Gasteiger partial charge in [-0.05, 0) is 160 Å². The monoisotopic (exact) mass is 873 g/mol. The number of likely N-dealkylation sites (N-methyl/N-ethyl adjacent to an activating group) is 1. The van der Waals surface area contributed by atoms with E-state index in [2.05, 4.69) is 137 Å². The van der Waals surface area contributed by atoms with Gasteiger partial charge >= 0.3 is 11.9 Å². The third-order valence-electron chi connectivity index (χ3n) is 14.1. The van der Waals surface area contributed by atoms with Crippen LogP contribution in [0.2, 0.25) is 0 Å². The van der Waals surface area contributed by atoms with Crippen LogP contribution >= 0.6 is 11.8 Å². The Morgan fingerprint density at radius 1 is 0.844 bits per heavy atom. The van der Waals surface area contributed by atoms with Crippen LogP contribution in [0.4, 0.5) is 11.4 Å². The molecule has 8 heteroatoms. The predicted octanol–water partition coefficient (Wildman–Crippen LogP) is 13.2. The third-order valence-corrected chi connectivity index (χ3v) is 15.4. The quantitative estimate of drug-likeness (QED) is 0.105. The summed E-state index contributed by atoms with van der Waals surface area (Å²) < 4.78 is 13.5. The minimum atomic E-state index is -0.953. The highest BCUT2D eigenvalue weighted by atomic mass is 32.2. The summed E-state index contributed by atoms with van der Waals surface area (Å²) >= 11 is 1.66. The largest absolute Gasteiger partial charge is 0.497 e. The molecule has 0 amide bonds. The smallest absolute Gasteiger partial charge is 0.335 e. The van der Waals surface area contributed by atoms with E-state index in [1.165, 1.54) is 62.7 Å². The molecule has 1 unspecified atom stereocenters. The number of esters is 1. The molecule has 64 heavy (non-hydrogen) atoms. The van der Waals surface area contributed by atoms with Crippen LogP contribution in [0.5, 0.6) is 5.75 Å². The highest BCUT2D eigenvalue weighted by Crippen LogP contribution is 2.53. The Bertz CT molecular complexity index is 2890. The minimum Gasteiger partial charge on any atom is -0.497 e. The van der Waals surface area contributed by atoms with Crippen molar-refractivity contribution in [2.45, 2.75) is 90.9 Å². The van der Waals surface area contributed by atoms with Gasteiger partial charge in [-0.2, -0.15) is 4.58 Å². The summed E-state index contributed by atoms with van der Waals surface area (Å²) in [6, 6.07) is 29.2.